The molecular weight excluding hydrogens is 340 g/mol. The van der Waals surface area contributed by atoms with Crippen LogP contribution in [0, 0.1) is 0 Å². The molecule has 1 amide bonds. The Hall–Kier alpha value is -2.47. The number of benzene rings is 2. The van der Waals surface area contributed by atoms with Gasteiger partial charge in [0.25, 0.3) is 5.91 Å². The quantitative estimate of drug-likeness (QED) is 0.382. The van der Waals surface area contributed by atoms with Gasteiger partial charge in [-0.15, -0.1) is 0 Å². The Balaban J connectivity index is 1.71. The van der Waals surface area contributed by atoms with Gasteiger partial charge in [-0.25, -0.2) is 5.48 Å². The van der Waals surface area contributed by atoms with E-state index in [1.807, 2.05) is 12.1 Å². The summed E-state index contributed by atoms with van der Waals surface area (Å²) in [4.78, 5) is 13.5. The van der Waals surface area contributed by atoms with Gasteiger partial charge in [0.15, 0.2) is 0 Å². The van der Waals surface area contributed by atoms with E-state index in [4.69, 9.17) is 5.21 Å². The predicted octanol–water partition coefficient (Wildman–Crippen LogP) is 2.73. The van der Waals surface area contributed by atoms with Crippen molar-refractivity contribution in [2.24, 2.45) is 0 Å². The molecule has 1 aliphatic rings. The Bertz CT molecular complexity index is 789. The number of carbonyl (C=O) groups is 1. The Morgan fingerprint density at radius 2 is 2.00 bits per heavy atom. The molecule has 0 spiro atoms. The number of carbonyl (C=O) groups excluding carboxylic acids is 1. The van der Waals surface area contributed by atoms with Crippen molar-refractivity contribution in [1.29, 1.82) is 0 Å². The van der Waals surface area contributed by atoms with Crippen molar-refractivity contribution in [3.8, 4) is 0 Å². The minimum atomic E-state index is -0.539. The second-order valence-electron chi connectivity index (χ2n) is 6.82. The number of aliphatic hydroxyl groups excluding tert-OH is 1. The third-order valence-corrected chi connectivity index (χ3v) is 5.11. The molecule has 3 N–H and O–H groups in total. The molecule has 0 heterocycles. The third kappa shape index (κ3) is 5.04. The van der Waals surface area contributed by atoms with Gasteiger partial charge in [-0.3, -0.25) is 14.9 Å². The summed E-state index contributed by atoms with van der Waals surface area (Å²) in [7, 11) is 0. The van der Waals surface area contributed by atoms with Gasteiger partial charge in [-0.2, -0.15) is 0 Å². The van der Waals surface area contributed by atoms with Crippen LogP contribution >= 0.6 is 0 Å². The van der Waals surface area contributed by atoms with Crippen LogP contribution in [0.15, 0.2) is 54.6 Å². The van der Waals surface area contributed by atoms with Gasteiger partial charge in [0.05, 0.1) is 6.61 Å². The van der Waals surface area contributed by atoms with Crippen molar-refractivity contribution < 1.29 is 15.1 Å². The van der Waals surface area contributed by atoms with Crippen molar-refractivity contribution >= 4 is 12.0 Å². The maximum Gasteiger partial charge on any atom is 0.267 e. The number of fused-ring (bicyclic) bond motifs is 1. The second-order valence-corrected chi connectivity index (χ2v) is 6.82. The van der Waals surface area contributed by atoms with Crippen LogP contribution in [0.2, 0.25) is 0 Å². The molecule has 5 nitrogen and oxygen atoms in total. The Labute approximate surface area is 159 Å². The van der Waals surface area contributed by atoms with E-state index >= 15 is 0 Å². The SMILES string of the molecule is O=C(/C=C/c1ccc2c(c1)CCC2N(CCO)CCc1ccccc1)NO. The molecule has 5 heteroatoms. The van der Waals surface area contributed by atoms with Crippen LogP contribution in [0.3, 0.4) is 0 Å². The highest BCUT2D eigenvalue weighted by atomic mass is 16.5. The number of hydroxylamine groups is 1. The molecule has 27 heavy (non-hydrogen) atoms. The minimum Gasteiger partial charge on any atom is -0.395 e. The molecule has 0 radical (unpaired) electrons. The molecule has 1 unspecified atom stereocenters. The van der Waals surface area contributed by atoms with Crippen molar-refractivity contribution in [1.82, 2.24) is 10.4 Å². The van der Waals surface area contributed by atoms with Crippen LogP contribution in [0.4, 0.5) is 0 Å². The summed E-state index contributed by atoms with van der Waals surface area (Å²) in [5, 5.41) is 18.1. The summed E-state index contributed by atoms with van der Waals surface area (Å²) in [6.07, 6.45) is 5.99. The van der Waals surface area contributed by atoms with Gasteiger partial charge in [0.2, 0.25) is 0 Å². The zero-order chi connectivity index (χ0) is 19.1. The van der Waals surface area contributed by atoms with Crippen LogP contribution in [-0.2, 0) is 17.6 Å². The maximum absolute atomic E-state index is 11.1. The zero-order valence-electron chi connectivity index (χ0n) is 15.3. The lowest BCUT2D eigenvalue weighted by molar-refractivity contribution is -0.124. The number of hydrogen-bond donors (Lipinski definition) is 3. The van der Waals surface area contributed by atoms with Crippen LogP contribution in [-0.4, -0.2) is 40.8 Å². The van der Waals surface area contributed by atoms with E-state index in [0.717, 1.165) is 31.4 Å². The molecule has 0 saturated carbocycles. The predicted molar refractivity (Wildman–Crippen MR) is 105 cm³/mol. The highest BCUT2D eigenvalue weighted by Gasteiger charge is 2.27. The summed E-state index contributed by atoms with van der Waals surface area (Å²) in [6, 6.07) is 17.0. The Morgan fingerprint density at radius 1 is 1.19 bits per heavy atom. The van der Waals surface area contributed by atoms with Crippen molar-refractivity contribution in [3.63, 3.8) is 0 Å². The largest absolute Gasteiger partial charge is 0.395 e. The van der Waals surface area contributed by atoms with Crippen LogP contribution < -0.4 is 5.48 Å². The van der Waals surface area contributed by atoms with E-state index in [2.05, 4.69) is 41.3 Å². The number of hydrogen-bond acceptors (Lipinski definition) is 4. The summed E-state index contributed by atoms with van der Waals surface area (Å²) in [5.74, 6) is -0.539. The summed E-state index contributed by atoms with van der Waals surface area (Å²) >= 11 is 0. The second kappa shape index (κ2) is 9.46. The van der Waals surface area contributed by atoms with Crippen LogP contribution in [0.25, 0.3) is 6.08 Å². The van der Waals surface area contributed by atoms with Gasteiger partial charge < -0.3 is 5.11 Å². The van der Waals surface area contributed by atoms with Gasteiger partial charge in [0, 0.05) is 25.2 Å². The number of nitrogens with one attached hydrogen (secondary N) is 1. The average molecular weight is 366 g/mol. The van der Waals surface area contributed by atoms with Crippen molar-refractivity contribution in [2.75, 3.05) is 19.7 Å². The monoisotopic (exact) mass is 366 g/mol. The van der Waals surface area contributed by atoms with Gasteiger partial charge in [-0.05, 0) is 47.6 Å². The number of aliphatic hydroxyl groups is 1. The molecular formula is C22H26N2O3. The number of rotatable bonds is 8. The average Bonchev–Trinajstić information content (AvgIpc) is 3.13. The molecule has 0 aromatic heterocycles. The third-order valence-electron chi connectivity index (χ3n) is 5.11. The first-order valence-electron chi connectivity index (χ1n) is 9.35. The van der Waals surface area contributed by atoms with Gasteiger partial charge in [0.1, 0.15) is 0 Å². The lowest BCUT2D eigenvalue weighted by Crippen LogP contribution is -2.32. The van der Waals surface area contributed by atoms with Crippen LogP contribution in [0.1, 0.15) is 34.7 Å². The summed E-state index contributed by atoms with van der Waals surface area (Å²) in [6.45, 7) is 1.72. The molecule has 2 aromatic rings. The first-order valence-corrected chi connectivity index (χ1v) is 9.35. The van der Waals surface area contributed by atoms with E-state index in [0.29, 0.717) is 12.6 Å². The lowest BCUT2D eigenvalue weighted by atomic mass is 10.0. The van der Waals surface area contributed by atoms with Crippen LogP contribution in [0.5, 0.6) is 0 Å². The molecule has 1 aliphatic carbocycles. The Kier molecular flexibility index (Phi) is 6.76. The van der Waals surface area contributed by atoms with Gasteiger partial charge >= 0.3 is 0 Å². The molecule has 0 saturated heterocycles. The number of amides is 1. The minimum absolute atomic E-state index is 0.151. The van der Waals surface area contributed by atoms with Crippen molar-refractivity contribution in [3.05, 3.63) is 76.9 Å². The molecule has 3 rings (SSSR count). The maximum atomic E-state index is 11.1. The van der Waals surface area contributed by atoms with E-state index in [1.165, 1.54) is 22.8 Å². The summed E-state index contributed by atoms with van der Waals surface area (Å²) in [5.41, 5.74) is 6.43. The smallest absolute Gasteiger partial charge is 0.267 e. The lowest BCUT2D eigenvalue weighted by Gasteiger charge is -2.29. The van der Waals surface area contributed by atoms with E-state index in [1.54, 1.807) is 11.6 Å². The van der Waals surface area contributed by atoms with E-state index in [-0.39, 0.29) is 6.61 Å². The normalized spacial score (nSPS) is 16.0. The number of nitrogens with zero attached hydrogens (tertiary/aromatic N) is 1. The van der Waals surface area contributed by atoms with E-state index < -0.39 is 5.91 Å². The fourth-order valence-corrected chi connectivity index (χ4v) is 3.78. The standard InChI is InChI=1S/C22H26N2O3/c25-15-14-24(13-12-17-4-2-1-3-5-17)21-10-8-19-16-18(6-9-20(19)21)7-11-22(26)23-27/h1-7,9,11,16,21,25,27H,8,10,12-15H2,(H,23,26)/b11-7+. The Morgan fingerprint density at radius 3 is 2.74 bits per heavy atom. The summed E-state index contributed by atoms with van der Waals surface area (Å²) < 4.78 is 0. The van der Waals surface area contributed by atoms with Gasteiger partial charge in [-0.1, -0.05) is 48.5 Å². The topological polar surface area (TPSA) is 72.8 Å². The fraction of sp³-hybridized carbons (Fsp3) is 0.318. The van der Waals surface area contributed by atoms with Crippen molar-refractivity contribution in [2.45, 2.75) is 25.3 Å². The molecule has 0 fully saturated rings. The fourth-order valence-electron chi connectivity index (χ4n) is 3.78. The number of aryl methyl sites for hydroxylation is 1. The molecule has 2 aromatic carbocycles. The molecule has 1 atom stereocenters. The first-order chi connectivity index (χ1) is 13.2. The molecule has 142 valence electrons. The molecule has 0 bridgehead atoms. The molecule has 0 aliphatic heterocycles. The van der Waals surface area contributed by atoms with E-state index in [9.17, 15) is 9.90 Å². The highest BCUT2D eigenvalue weighted by molar-refractivity contribution is 5.90. The zero-order valence-corrected chi connectivity index (χ0v) is 15.3. The highest BCUT2D eigenvalue weighted by Crippen LogP contribution is 2.36. The first kappa shape index (κ1) is 19.3.